The van der Waals surface area contributed by atoms with Gasteiger partial charge in [-0.1, -0.05) is 67.5 Å². The summed E-state index contributed by atoms with van der Waals surface area (Å²) in [7, 11) is 7.42. The molecule has 0 unspecified atom stereocenters. The van der Waals surface area contributed by atoms with E-state index in [2.05, 4.69) is 20.6 Å². The summed E-state index contributed by atoms with van der Waals surface area (Å²) in [6, 6.07) is -0.719. The molecule has 6 aliphatic rings. The van der Waals surface area contributed by atoms with Gasteiger partial charge < -0.3 is 97.1 Å². The van der Waals surface area contributed by atoms with E-state index in [1.54, 1.807) is 23.1 Å². The lowest BCUT2D eigenvalue weighted by Gasteiger charge is -2.48. The Morgan fingerprint density at radius 2 is 1.82 bits per heavy atom. The number of ether oxygens (including phenoxy) is 5. The molecule has 0 radical (unpaired) electrons. The molecule has 0 aromatic rings. The number of nitrogens with one attached hydrogen (secondary N) is 2. The van der Waals surface area contributed by atoms with Gasteiger partial charge in [0.15, 0.2) is 24.3 Å². The summed E-state index contributed by atoms with van der Waals surface area (Å²) in [6.07, 6.45) is 0.342. The molecule has 1 saturated heterocycles. The Balaban J connectivity index is 1.57. The highest BCUT2D eigenvalue weighted by molar-refractivity contribution is 8.78. The molecule has 0 aromatic carbocycles. The molecule has 14 atom stereocenters. The van der Waals surface area contributed by atoms with Gasteiger partial charge in [-0.05, 0) is 44.2 Å². The lowest BCUT2D eigenvalue weighted by Crippen LogP contribution is -2.69. The molecule has 1 aliphatic carbocycles. The van der Waals surface area contributed by atoms with Crippen molar-refractivity contribution in [3.8, 4) is 0 Å². The van der Waals surface area contributed by atoms with E-state index in [9.17, 15) is 55.5 Å². The van der Waals surface area contributed by atoms with Gasteiger partial charge in [-0.25, -0.2) is 9.59 Å². The van der Waals surface area contributed by atoms with E-state index in [1.165, 1.54) is 56.4 Å². The number of aliphatic hydroxyl groups is 8. The first-order valence-corrected chi connectivity index (χ1v) is 28.2. The predicted octanol–water partition coefficient (Wildman–Crippen LogP) is -2.42. The maximum absolute atomic E-state index is 14.7. The predicted molar refractivity (Wildman–Crippen MR) is 271 cm³/mol. The van der Waals surface area contributed by atoms with Crippen LogP contribution in [0.3, 0.4) is 0 Å². The molecule has 24 nitrogen and oxygen atoms in total. The third-order valence-corrected chi connectivity index (χ3v) is 19.1. The minimum Gasteiger partial charge on any atom is -0.478 e. The van der Waals surface area contributed by atoms with Gasteiger partial charge in [0.25, 0.3) is 0 Å². The van der Waals surface area contributed by atoms with Crippen LogP contribution in [0.2, 0.25) is 0 Å². The molecule has 404 valence electrons. The molecule has 0 spiro atoms. The van der Waals surface area contributed by atoms with Crippen molar-refractivity contribution in [3.05, 3.63) is 59.2 Å². The smallest absolute Gasteiger partial charge is 0.339 e. The Morgan fingerprint density at radius 3 is 2.50 bits per heavy atom. The zero-order valence-corrected chi connectivity index (χ0v) is 42.8. The molecule has 72 heavy (non-hydrogen) atoms. The number of esters is 1. The van der Waals surface area contributed by atoms with E-state index in [4.69, 9.17) is 40.9 Å². The van der Waals surface area contributed by atoms with Gasteiger partial charge in [0, 0.05) is 67.6 Å². The van der Waals surface area contributed by atoms with Crippen molar-refractivity contribution >= 4 is 67.0 Å². The van der Waals surface area contributed by atoms with Crippen molar-refractivity contribution in [1.29, 1.82) is 0 Å². The van der Waals surface area contributed by atoms with Crippen LogP contribution in [0.5, 0.6) is 0 Å². The average molecular weight is 1090 g/mol. The summed E-state index contributed by atoms with van der Waals surface area (Å²) in [4.78, 5) is 38.4. The van der Waals surface area contributed by atoms with Crippen LogP contribution in [0.25, 0.3) is 0 Å². The number of nitrogens with zero attached hydrogens (tertiary/aromatic N) is 3. The highest BCUT2D eigenvalue weighted by atomic mass is 33.1. The first-order chi connectivity index (χ1) is 34.6. The molecule has 1 saturated carbocycles. The number of nitrogens with two attached hydrogens (primary N) is 3. The molecule has 0 amide bonds. The van der Waals surface area contributed by atoms with E-state index in [1.807, 2.05) is 6.08 Å². The van der Waals surface area contributed by atoms with Crippen molar-refractivity contribution in [2.75, 3.05) is 71.2 Å². The van der Waals surface area contributed by atoms with E-state index in [0.29, 0.717) is 36.3 Å². The Bertz CT molecular complexity index is 2060. The minimum absolute atomic E-state index is 0.0116. The summed E-state index contributed by atoms with van der Waals surface area (Å²) in [5, 5.41) is 101. The number of carbonyl (C=O) groups excluding carboxylic acids is 1. The number of allylic oxidation sites excluding steroid dienone is 1. The van der Waals surface area contributed by atoms with Gasteiger partial charge >= 0.3 is 11.9 Å². The maximum Gasteiger partial charge on any atom is 0.339 e. The van der Waals surface area contributed by atoms with Crippen LogP contribution in [0.4, 0.5) is 0 Å². The van der Waals surface area contributed by atoms with Crippen LogP contribution in [0.1, 0.15) is 25.7 Å². The zero-order valence-electron chi connectivity index (χ0n) is 39.5. The molecular formula is C44H68N8O16S4. The second-order valence-corrected chi connectivity index (χ2v) is 22.9. The molecule has 2 fully saturated rings. The highest BCUT2D eigenvalue weighted by Crippen LogP contribution is 2.47. The van der Waals surface area contributed by atoms with Gasteiger partial charge in [0.1, 0.15) is 24.5 Å². The second-order valence-electron chi connectivity index (χ2n) is 17.7. The number of fused-ring (bicyclic) bond motifs is 2. The summed E-state index contributed by atoms with van der Waals surface area (Å²) in [5.41, 5.74) is 18.0. The van der Waals surface area contributed by atoms with Crippen molar-refractivity contribution in [2.45, 2.75) is 91.2 Å². The maximum atomic E-state index is 14.7. The number of hydrogen-bond donors (Lipinski definition) is 14. The third kappa shape index (κ3) is 14.1. The summed E-state index contributed by atoms with van der Waals surface area (Å²) >= 11 is 0. The molecule has 5 aliphatic heterocycles. The normalized spacial score (nSPS) is 34.1. The largest absolute Gasteiger partial charge is 0.478 e. The number of aliphatic hydroxyl groups excluding tert-OH is 6. The Kier molecular flexibility index (Phi) is 22.1. The van der Waals surface area contributed by atoms with Crippen molar-refractivity contribution in [1.82, 2.24) is 15.5 Å². The van der Waals surface area contributed by atoms with E-state index < -0.39 is 104 Å². The van der Waals surface area contributed by atoms with Crippen molar-refractivity contribution in [3.63, 3.8) is 0 Å². The molecule has 5 heterocycles. The lowest BCUT2D eigenvalue weighted by atomic mass is 9.82. The van der Waals surface area contributed by atoms with E-state index in [-0.39, 0.29) is 85.1 Å². The second kappa shape index (κ2) is 27.5. The van der Waals surface area contributed by atoms with Gasteiger partial charge in [0.05, 0.1) is 60.1 Å². The first kappa shape index (κ1) is 58.0. The Labute approximate surface area is 432 Å². The number of hydrogen-bond acceptors (Lipinski definition) is 23. The van der Waals surface area contributed by atoms with Crippen LogP contribution in [-0.2, 0) is 33.3 Å². The number of rotatable bonds is 17. The fourth-order valence-electron chi connectivity index (χ4n) is 9.23. The summed E-state index contributed by atoms with van der Waals surface area (Å²) < 4.78 is 30.8. The van der Waals surface area contributed by atoms with Gasteiger partial charge in [-0.15, -0.1) is 0 Å². The lowest BCUT2D eigenvalue weighted by molar-refractivity contribution is -0.416. The molecule has 0 aromatic heterocycles. The molecule has 17 N–H and O–H groups in total. The molecule has 28 heteroatoms. The zero-order chi connectivity index (χ0) is 52.1. The number of carbonyl (C=O) groups is 2. The number of aliphatic carboxylic acids is 1. The quantitative estimate of drug-likeness (QED) is 0.0137. The fourth-order valence-corrected chi connectivity index (χ4v) is 16.0. The van der Waals surface area contributed by atoms with Crippen molar-refractivity contribution < 1.29 is 79.2 Å². The fraction of sp³-hybridized carbons (Fsp3) is 0.682. The number of aliphatic imine (C=N–C) groups is 2. The van der Waals surface area contributed by atoms with Gasteiger partial charge in [0.2, 0.25) is 12.1 Å². The Hall–Kier alpha value is -3.30. The van der Waals surface area contributed by atoms with Crippen LogP contribution >= 0.6 is 43.2 Å². The molecular weight excluding hydrogens is 1020 g/mol. The van der Waals surface area contributed by atoms with Crippen LogP contribution in [0, 0.1) is 23.7 Å². The molecule has 6 rings (SSSR count). The van der Waals surface area contributed by atoms with Crippen molar-refractivity contribution in [2.24, 2.45) is 50.9 Å². The number of carboxylic acids is 1. The van der Waals surface area contributed by atoms with Gasteiger partial charge in [-0.3, -0.25) is 15.3 Å². The Morgan fingerprint density at radius 1 is 1.03 bits per heavy atom. The standard InChI is InChI=1S/C44H68N8O16S4/c1-48-33(19-57)67-37-41(66-31(18-56)36(58)44(37,62)63)68-40-25-4-2-13-69-71-32(9-11-49-42(45)46)35-29(17-55)52-14-22(34(26(15-52)38(59)60)51-43(47)50-10-3-12-53)5-7-24(25)27(20-64-40)39(61)65-30-8-6-23(16-54)28(30)21-70-72-35/h2,4-5,7,15,20,23-25,28-33,35-37,40-41,48,53-58,62-63H,3,6,8-14,16-19,21H2,1H3,(H,59,60)(H4,45,46,49)(H3,47,50,51)/b4-2?,7-5+/t23-,24+,25-,28+,29+,30-,31-,32+,33-,35+,36-,37+,40+,41+/m1/s1. The van der Waals surface area contributed by atoms with E-state index >= 15 is 0 Å². The SMILES string of the molecule is CN[C@@H](CO)O[C@H]1[C@H](O[C@@H]2OC=C3C(=O)O[C@@H]4CC[C@H](CO)[C@@H]4CSS[C@@H]4[C@H](CCN=C(N)N)SSCC=C[C@@H]2[C@@H]3/C=C/C2=C(NC(N)=NCCCO)C(C(=O)O)=CN(C2)[C@H]4CO)O[C@H](CO)[C@@H](O)C1(O)O. The molecule has 4 bridgehead atoms. The van der Waals surface area contributed by atoms with E-state index in [0.717, 1.165) is 6.26 Å². The number of guanidine groups is 2. The summed E-state index contributed by atoms with van der Waals surface area (Å²) in [6.45, 7) is -1.93. The minimum atomic E-state index is -3.13. The topological polar surface area (TPSA) is 392 Å². The third-order valence-electron chi connectivity index (χ3n) is 13.1. The van der Waals surface area contributed by atoms with Crippen LogP contribution in [0.15, 0.2) is 69.2 Å². The number of likely N-dealkylation sites (N-methyl/N-ethyl adjacent to an activating group) is 1. The van der Waals surface area contributed by atoms with Gasteiger partial charge in [-0.2, -0.15) is 0 Å². The number of carboxylic acid groups (broad SMARTS) is 1. The average Bonchev–Trinajstić information content (AvgIpc) is 3.73. The summed E-state index contributed by atoms with van der Waals surface area (Å²) in [5.74, 6) is -7.25. The van der Waals surface area contributed by atoms with Crippen LogP contribution < -0.4 is 27.8 Å². The highest BCUT2D eigenvalue weighted by Gasteiger charge is 2.58. The van der Waals surface area contributed by atoms with Crippen LogP contribution in [-0.4, -0.2) is 211 Å². The monoisotopic (exact) mass is 1090 g/mol. The first-order valence-electron chi connectivity index (χ1n) is 23.5.